The zero-order valence-electron chi connectivity index (χ0n) is 8.07. The molecule has 1 aromatic rings. The molecule has 72 valence electrons. The third-order valence-corrected chi connectivity index (χ3v) is 2.89. The van der Waals surface area contributed by atoms with Gasteiger partial charge in [0.15, 0.2) is 0 Å². The van der Waals surface area contributed by atoms with Crippen molar-refractivity contribution < 1.29 is 4.21 Å². The van der Waals surface area contributed by atoms with E-state index in [1.165, 1.54) is 0 Å². The quantitative estimate of drug-likeness (QED) is 0.805. The van der Waals surface area contributed by atoms with E-state index in [-0.39, 0.29) is 5.25 Å². The molecule has 0 aliphatic rings. The second-order valence-electron chi connectivity index (χ2n) is 3.12. The molecule has 0 saturated carbocycles. The second-order valence-corrected chi connectivity index (χ2v) is 4.86. The zero-order chi connectivity index (χ0) is 9.84. The Balaban J connectivity index is 2.75. The van der Waals surface area contributed by atoms with Gasteiger partial charge in [-0.3, -0.25) is 4.72 Å². The van der Waals surface area contributed by atoms with E-state index in [2.05, 4.69) is 9.71 Å². The van der Waals surface area contributed by atoms with Crippen molar-refractivity contribution in [3.05, 3.63) is 23.9 Å². The molecule has 3 nitrogen and oxygen atoms in total. The second kappa shape index (κ2) is 4.37. The molecule has 0 spiro atoms. The molecule has 1 heterocycles. The zero-order valence-corrected chi connectivity index (χ0v) is 8.89. The average Bonchev–Trinajstić information content (AvgIpc) is 2.08. The number of hydrogen-bond donors (Lipinski definition) is 1. The molecule has 0 fully saturated rings. The number of aromatic nitrogens is 1. The van der Waals surface area contributed by atoms with Crippen LogP contribution in [-0.2, 0) is 11.0 Å². The first-order valence-electron chi connectivity index (χ1n) is 4.20. The minimum absolute atomic E-state index is 0.0985. The third kappa shape index (κ3) is 2.81. The van der Waals surface area contributed by atoms with Crippen LogP contribution in [0.25, 0.3) is 0 Å². The van der Waals surface area contributed by atoms with E-state index in [0.717, 1.165) is 5.56 Å². The van der Waals surface area contributed by atoms with Gasteiger partial charge in [-0.05, 0) is 32.4 Å². The van der Waals surface area contributed by atoms with E-state index in [1.807, 2.05) is 32.9 Å². The molecule has 0 saturated heterocycles. The minimum Gasteiger partial charge on any atom is -0.289 e. The Morgan fingerprint density at radius 2 is 2.23 bits per heavy atom. The van der Waals surface area contributed by atoms with Crippen LogP contribution in [0.3, 0.4) is 0 Å². The van der Waals surface area contributed by atoms with E-state index in [9.17, 15) is 4.21 Å². The van der Waals surface area contributed by atoms with Crippen LogP contribution in [0, 0.1) is 6.92 Å². The summed E-state index contributed by atoms with van der Waals surface area (Å²) in [7, 11) is -1.05. The van der Waals surface area contributed by atoms with Crippen molar-refractivity contribution >= 4 is 16.8 Å². The van der Waals surface area contributed by atoms with Crippen molar-refractivity contribution in [2.24, 2.45) is 0 Å². The Morgan fingerprint density at radius 3 is 2.77 bits per heavy atom. The predicted molar refractivity (Wildman–Crippen MR) is 55.9 cm³/mol. The topological polar surface area (TPSA) is 42.0 Å². The highest BCUT2D eigenvalue weighted by atomic mass is 32.2. The predicted octanol–water partition coefficient (Wildman–Crippen LogP) is 1.87. The van der Waals surface area contributed by atoms with Gasteiger partial charge in [-0.25, -0.2) is 9.19 Å². The van der Waals surface area contributed by atoms with E-state index >= 15 is 0 Å². The Hall–Kier alpha value is -0.900. The molecular weight excluding hydrogens is 184 g/mol. The summed E-state index contributed by atoms with van der Waals surface area (Å²) in [5, 5.41) is 0.0985. The van der Waals surface area contributed by atoms with Crippen LogP contribution in [0.5, 0.6) is 0 Å². The molecule has 1 aromatic heterocycles. The fourth-order valence-corrected chi connectivity index (χ4v) is 1.45. The maximum absolute atomic E-state index is 11.4. The van der Waals surface area contributed by atoms with Crippen LogP contribution in [0.1, 0.15) is 19.4 Å². The SMILES string of the molecule is Cc1cccnc1NS(=O)C(C)C. The van der Waals surface area contributed by atoms with Gasteiger partial charge in [0.1, 0.15) is 16.8 Å². The number of hydrogen-bond acceptors (Lipinski definition) is 2. The number of rotatable bonds is 3. The van der Waals surface area contributed by atoms with Gasteiger partial charge in [0.05, 0.1) is 0 Å². The molecule has 0 amide bonds. The Morgan fingerprint density at radius 1 is 1.54 bits per heavy atom. The lowest BCUT2D eigenvalue weighted by molar-refractivity contribution is 0.680. The molecule has 1 N–H and O–H groups in total. The number of aryl methyl sites for hydroxylation is 1. The van der Waals surface area contributed by atoms with Gasteiger partial charge >= 0.3 is 0 Å². The normalized spacial score (nSPS) is 12.9. The van der Waals surface area contributed by atoms with E-state index in [4.69, 9.17) is 0 Å². The van der Waals surface area contributed by atoms with Crippen molar-refractivity contribution in [2.75, 3.05) is 4.72 Å². The first kappa shape index (κ1) is 10.2. The van der Waals surface area contributed by atoms with Gasteiger partial charge < -0.3 is 0 Å². The Bertz CT molecular complexity index is 312. The van der Waals surface area contributed by atoms with Crippen molar-refractivity contribution in [3.8, 4) is 0 Å². The largest absolute Gasteiger partial charge is 0.289 e. The monoisotopic (exact) mass is 198 g/mol. The highest BCUT2D eigenvalue weighted by Gasteiger charge is 2.06. The van der Waals surface area contributed by atoms with Crippen LogP contribution in [0.15, 0.2) is 18.3 Å². The summed E-state index contributed by atoms with van der Waals surface area (Å²) in [6.07, 6.45) is 1.69. The fraction of sp³-hybridized carbons (Fsp3) is 0.444. The summed E-state index contributed by atoms with van der Waals surface area (Å²) < 4.78 is 14.3. The average molecular weight is 198 g/mol. The molecule has 4 heteroatoms. The molecule has 0 bridgehead atoms. The molecule has 0 aliphatic heterocycles. The number of pyridine rings is 1. The minimum atomic E-state index is -1.05. The van der Waals surface area contributed by atoms with E-state index < -0.39 is 11.0 Å². The lowest BCUT2D eigenvalue weighted by Crippen LogP contribution is -2.15. The smallest absolute Gasteiger partial charge is 0.140 e. The highest BCUT2D eigenvalue weighted by molar-refractivity contribution is 7.86. The van der Waals surface area contributed by atoms with Gasteiger partial charge in [-0.1, -0.05) is 6.07 Å². The third-order valence-electron chi connectivity index (χ3n) is 1.63. The highest BCUT2D eigenvalue weighted by Crippen LogP contribution is 2.10. The van der Waals surface area contributed by atoms with Gasteiger partial charge in [0, 0.05) is 11.4 Å². The van der Waals surface area contributed by atoms with Gasteiger partial charge in [-0.2, -0.15) is 0 Å². The molecule has 0 radical (unpaired) electrons. The summed E-state index contributed by atoms with van der Waals surface area (Å²) in [6, 6.07) is 3.80. The standard InChI is InChI=1S/C9H14N2OS/c1-7(2)13(12)11-9-8(3)5-4-6-10-9/h4-7H,1-3H3,(H,10,11). The first-order valence-corrected chi connectivity index (χ1v) is 5.41. The molecule has 1 unspecified atom stereocenters. The molecule has 13 heavy (non-hydrogen) atoms. The Labute approximate surface area is 81.2 Å². The van der Waals surface area contributed by atoms with Gasteiger partial charge in [0.2, 0.25) is 0 Å². The van der Waals surface area contributed by atoms with Crippen LogP contribution < -0.4 is 4.72 Å². The Kier molecular flexibility index (Phi) is 3.42. The van der Waals surface area contributed by atoms with Crippen LogP contribution in [0.2, 0.25) is 0 Å². The molecule has 0 aromatic carbocycles. The summed E-state index contributed by atoms with van der Waals surface area (Å²) in [5.74, 6) is 0.703. The molecule has 1 atom stereocenters. The van der Waals surface area contributed by atoms with Crippen molar-refractivity contribution in [1.82, 2.24) is 4.98 Å². The summed E-state index contributed by atoms with van der Waals surface area (Å²) in [5.41, 5.74) is 1.01. The van der Waals surface area contributed by atoms with Crippen molar-refractivity contribution in [2.45, 2.75) is 26.0 Å². The lowest BCUT2D eigenvalue weighted by Gasteiger charge is -2.09. The molecular formula is C9H14N2OS. The van der Waals surface area contributed by atoms with E-state index in [1.54, 1.807) is 6.20 Å². The summed E-state index contributed by atoms with van der Waals surface area (Å²) in [4.78, 5) is 4.10. The fourth-order valence-electron chi connectivity index (χ4n) is 0.806. The van der Waals surface area contributed by atoms with Crippen LogP contribution in [0.4, 0.5) is 5.82 Å². The number of nitrogens with zero attached hydrogens (tertiary/aromatic N) is 1. The van der Waals surface area contributed by atoms with Crippen LogP contribution >= 0.6 is 0 Å². The first-order chi connectivity index (χ1) is 6.11. The van der Waals surface area contributed by atoms with Crippen molar-refractivity contribution in [3.63, 3.8) is 0 Å². The van der Waals surface area contributed by atoms with Crippen LogP contribution in [-0.4, -0.2) is 14.4 Å². The maximum Gasteiger partial charge on any atom is 0.140 e. The van der Waals surface area contributed by atoms with E-state index in [0.29, 0.717) is 5.82 Å². The number of nitrogens with one attached hydrogen (secondary N) is 1. The van der Waals surface area contributed by atoms with Gasteiger partial charge in [0.25, 0.3) is 0 Å². The molecule has 0 aliphatic carbocycles. The number of anilines is 1. The van der Waals surface area contributed by atoms with Gasteiger partial charge in [-0.15, -0.1) is 0 Å². The summed E-state index contributed by atoms with van der Waals surface area (Å²) in [6.45, 7) is 5.75. The lowest BCUT2D eigenvalue weighted by atomic mass is 10.3. The van der Waals surface area contributed by atoms with Crippen molar-refractivity contribution in [1.29, 1.82) is 0 Å². The molecule has 1 rings (SSSR count). The maximum atomic E-state index is 11.4. The summed E-state index contributed by atoms with van der Waals surface area (Å²) >= 11 is 0.